The Hall–Kier alpha value is -2.88. The van der Waals surface area contributed by atoms with Gasteiger partial charge < -0.3 is 9.47 Å². The first-order chi connectivity index (χ1) is 11.2. The summed E-state index contributed by atoms with van der Waals surface area (Å²) in [6.45, 7) is 0.163. The Kier molecular flexibility index (Phi) is 6.12. The Balaban J connectivity index is 1.79. The molecule has 2 aromatic rings. The second-order valence-corrected chi connectivity index (χ2v) is 4.89. The molecule has 0 aliphatic carbocycles. The lowest BCUT2D eigenvalue weighted by molar-refractivity contribution is -0.139. The first kappa shape index (κ1) is 16.5. The van der Waals surface area contributed by atoms with Crippen LogP contribution < -0.4 is 0 Å². The Bertz CT molecular complexity index is 672. The highest BCUT2D eigenvalue weighted by Gasteiger charge is 2.05. The third-order valence-corrected chi connectivity index (χ3v) is 3.21. The van der Waals surface area contributed by atoms with E-state index in [0.717, 1.165) is 11.1 Å². The van der Waals surface area contributed by atoms with Gasteiger partial charge in [-0.05, 0) is 29.7 Å². The number of hydrogen-bond donors (Lipinski definition) is 0. The summed E-state index contributed by atoms with van der Waals surface area (Å²) in [5.41, 5.74) is 2.41. The number of benzene rings is 2. The molecule has 0 bridgehead atoms. The Labute approximate surface area is 135 Å². The number of carbonyl (C=O) groups is 2. The number of ether oxygens (including phenoxy) is 2. The van der Waals surface area contributed by atoms with Crippen molar-refractivity contribution in [2.75, 3.05) is 7.11 Å². The Morgan fingerprint density at radius 3 is 2.30 bits per heavy atom. The molecule has 0 atom stereocenters. The van der Waals surface area contributed by atoms with Gasteiger partial charge >= 0.3 is 11.9 Å². The molecule has 0 N–H and O–H groups in total. The van der Waals surface area contributed by atoms with Gasteiger partial charge in [0.05, 0.1) is 12.7 Å². The highest BCUT2D eigenvalue weighted by atomic mass is 16.5. The summed E-state index contributed by atoms with van der Waals surface area (Å²) in [4.78, 5) is 23.0. The zero-order valence-electron chi connectivity index (χ0n) is 12.9. The number of esters is 2. The maximum Gasteiger partial charge on any atom is 0.337 e. The van der Waals surface area contributed by atoms with Gasteiger partial charge in [-0.3, -0.25) is 0 Å². The molecule has 4 heteroatoms. The maximum atomic E-state index is 11.6. The molecule has 4 nitrogen and oxygen atoms in total. The maximum absolute atomic E-state index is 11.6. The third kappa shape index (κ3) is 5.43. The molecule has 0 saturated carbocycles. The molecular weight excluding hydrogens is 292 g/mol. The van der Waals surface area contributed by atoms with Crippen molar-refractivity contribution in [1.29, 1.82) is 0 Å². The van der Waals surface area contributed by atoms with Crippen molar-refractivity contribution in [1.82, 2.24) is 0 Å². The van der Waals surface area contributed by atoms with Crippen molar-refractivity contribution in [3.63, 3.8) is 0 Å². The van der Waals surface area contributed by atoms with Gasteiger partial charge in [0, 0.05) is 6.08 Å². The van der Waals surface area contributed by atoms with Gasteiger partial charge in [-0.15, -0.1) is 0 Å². The van der Waals surface area contributed by atoms with E-state index < -0.39 is 11.9 Å². The predicted octanol–water partition coefficient (Wildman–Crippen LogP) is 3.32. The zero-order valence-corrected chi connectivity index (χ0v) is 12.9. The van der Waals surface area contributed by atoms with E-state index in [1.807, 2.05) is 30.3 Å². The average Bonchev–Trinajstić information content (AvgIpc) is 2.60. The lowest BCUT2D eigenvalue weighted by atomic mass is 10.1. The molecule has 0 radical (unpaired) electrons. The van der Waals surface area contributed by atoms with Crippen molar-refractivity contribution >= 4 is 11.9 Å². The molecule has 118 valence electrons. The van der Waals surface area contributed by atoms with E-state index in [9.17, 15) is 9.59 Å². The van der Waals surface area contributed by atoms with E-state index in [2.05, 4.69) is 4.74 Å². The van der Waals surface area contributed by atoms with Crippen LogP contribution >= 0.6 is 0 Å². The van der Waals surface area contributed by atoms with E-state index in [1.54, 1.807) is 30.3 Å². The number of allylic oxidation sites excluding steroid dienone is 1. The SMILES string of the molecule is COC(=O)c1ccc(COC(=O)C=CCc2ccccc2)cc1. The Morgan fingerprint density at radius 2 is 1.65 bits per heavy atom. The van der Waals surface area contributed by atoms with Crippen LogP contribution in [-0.2, 0) is 27.3 Å². The number of hydrogen-bond acceptors (Lipinski definition) is 4. The van der Waals surface area contributed by atoms with Crippen molar-refractivity contribution in [3.8, 4) is 0 Å². The van der Waals surface area contributed by atoms with Crippen LogP contribution in [0.25, 0.3) is 0 Å². The van der Waals surface area contributed by atoms with Crippen molar-refractivity contribution in [2.45, 2.75) is 13.0 Å². The molecule has 0 heterocycles. The normalized spacial score (nSPS) is 10.5. The first-order valence-corrected chi connectivity index (χ1v) is 7.23. The van der Waals surface area contributed by atoms with Crippen LogP contribution in [0.2, 0.25) is 0 Å². The largest absolute Gasteiger partial charge is 0.465 e. The standard InChI is InChI=1S/C19H18O4/c1-22-19(21)17-12-10-16(11-13-17)14-23-18(20)9-5-8-15-6-3-2-4-7-15/h2-7,9-13H,8,14H2,1H3. The lowest BCUT2D eigenvalue weighted by Gasteiger charge is -2.04. The highest BCUT2D eigenvalue weighted by molar-refractivity contribution is 5.89. The molecule has 0 unspecified atom stereocenters. The molecule has 0 amide bonds. The van der Waals surface area contributed by atoms with E-state index >= 15 is 0 Å². The molecule has 0 spiro atoms. The van der Waals surface area contributed by atoms with Gasteiger partial charge in [0.1, 0.15) is 6.61 Å². The van der Waals surface area contributed by atoms with Crippen molar-refractivity contribution in [3.05, 3.63) is 83.4 Å². The second kappa shape index (κ2) is 8.54. The topological polar surface area (TPSA) is 52.6 Å². The summed E-state index contributed by atoms with van der Waals surface area (Å²) in [6, 6.07) is 16.6. The fourth-order valence-corrected chi connectivity index (χ4v) is 1.96. The summed E-state index contributed by atoms with van der Waals surface area (Å²) < 4.78 is 9.77. The van der Waals surface area contributed by atoms with E-state index in [1.165, 1.54) is 13.2 Å². The second-order valence-electron chi connectivity index (χ2n) is 4.89. The van der Waals surface area contributed by atoms with E-state index in [-0.39, 0.29) is 6.61 Å². The summed E-state index contributed by atoms with van der Waals surface area (Å²) >= 11 is 0. The van der Waals surface area contributed by atoms with E-state index in [0.29, 0.717) is 12.0 Å². The van der Waals surface area contributed by atoms with Gasteiger partial charge in [-0.2, -0.15) is 0 Å². The molecule has 0 aromatic heterocycles. The molecule has 0 aliphatic rings. The molecule has 2 aromatic carbocycles. The minimum atomic E-state index is -0.391. The van der Waals surface area contributed by atoms with Gasteiger partial charge in [0.25, 0.3) is 0 Å². The lowest BCUT2D eigenvalue weighted by Crippen LogP contribution is -2.03. The zero-order chi connectivity index (χ0) is 16.5. The predicted molar refractivity (Wildman–Crippen MR) is 86.9 cm³/mol. The number of carbonyl (C=O) groups excluding carboxylic acids is 2. The van der Waals surface area contributed by atoms with Crippen LogP contribution in [0.1, 0.15) is 21.5 Å². The molecule has 0 saturated heterocycles. The fraction of sp³-hybridized carbons (Fsp3) is 0.158. The average molecular weight is 310 g/mol. The minimum Gasteiger partial charge on any atom is -0.465 e. The van der Waals surface area contributed by atoms with Gasteiger partial charge in [-0.25, -0.2) is 9.59 Å². The highest BCUT2D eigenvalue weighted by Crippen LogP contribution is 2.07. The monoisotopic (exact) mass is 310 g/mol. The van der Waals surface area contributed by atoms with Gasteiger partial charge in [0.15, 0.2) is 0 Å². The number of rotatable bonds is 6. The van der Waals surface area contributed by atoms with Crippen molar-refractivity contribution in [2.24, 2.45) is 0 Å². The van der Waals surface area contributed by atoms with Crippen LogP contribution in [0.3, 0.4) is 0 Å². The number of methoxy groups -OCH3 is 1. The summed E-state index contributed by atoms with van der Waals surface area (Å²) in [6.07, 6.45) is 3.89. The minimum absolute atomic E-state index is 0.163. The quantitative estimate of drug-likeness (QED) is 0.607. The Morgan fingerprint density at radius 1 is 0.957 bits per heavy atom. The smallest absolute Gasteiger partial charge is 0.337 e. The molecule has 0 fully saturated rings. The van der Waals surface area contributed by atoms with Gasteiger partial charge in [0.2, 0.25) is 0 Å². The van der Waals surface area contributed by atoms with Crippen molar-refractivity contribution < 1.29 is 19.1 Å². The van der Waals surface area contributed by atoms with Crippen LogP contribution in [0.15, 0.2) is 66.7 Å². The summed E-state index contributed by atoms with van der Waals surface area (Å²) in [7, 11) is 1.33. The summed E-state index contributed by atoms with van der Waals surface area (Å²) in [5.74, 6) is -0.782. The van der Waals surface area contributed by atoms with Crippen LogP contribution in [0.4, 0.5) is 0 Å². The molecular formula is C19H18O4. The molecule has 23 heavy (non-hydrogen) atoms. The van der Waals surface area contributed by atoms with Gasteiger partial charge in [-0.1, -0.05) is 48.5 Å². The molecule has 2 rings (SSSR count). The van der Waals surface area contributed by atoms with Crippen LogP contribution in [0, 0.1) is 0 Å². The van der Waals surface area contributed by atoms with Crippen LogP contribution in [0.5, 0.6) is 0 Å². The molecule has 0 aliphatic heterocycles. The van der Waals surface area contributed by atoms with E-state index in [4.69, 9.17) is 4.74 Å². The van der Waals surface area contributed by atoms with Crippen LogP contribution in [-0.4, -0.2) is 19.0 Å². The first-order valence-electron chi connectivity index (χ1n) is 7.23. The fourth-order valence-electron chi connectivity index (χ4n) is 1.96. The summed E-state index contributed by atoms with van der Waals surface area (Å²) in [5, 5.41) is 0. The third-order valence-electron chi connectivity index (χ3n) is 3.21.